The SMILES string of the molecule is CCN(CCNS(=O)(=O)N1CCCCC1CO)C1CC1. The highest BCUT2D eigenvalue weighted by Gasteiger charge is 2.32. The molecule has 1 saturated heterocycles. The number of hydrogen-bond acceptors (Lipinski definition) is 4. The molecule has 0 aromatic carbocycles. The van der Waals surface area contributed by atoms with Crippen LogP contribution in [0.4, 0.5) is 0 Å². The molecular formula is C13H27N3O3S. The van der Waals surface area contributed by atoms with Crippen molar-refractivity contribution in [3.8, 4) is 0 Å². The monoisotopic (exact) mass is 305 g/mol. The number of nitrogens with one attached hydrogen (secondary N) is 1. The van der Waals surface area contributed by atoms with Crippen LogP contribution in [0.25, 0.3) is 0 Å². The lowest BCUT2D eigenvalue weighted by Gasteiger charge is -2.33. The molecule has 0 bridgehead atoms. The van der Waals surface area contributed by atoms with E-state index in [-0.39, 0.29) is 12.6 Å². The molecule has 1 heterocycles. The molecule has 0 aromatic heterocycles. The van der Waals surface area contributed by atoms with Gasteiger partial charge in [0.05, 0.1) is 6.61 Å². The van der Waals surface area contributed by atoms with Gasteiger partial charge in [-0.3, -0.25) is 4.90 Å². The Morgan fingerprint density at radius 3 is 2.65 bits per heavy atom. The van der Waals surface area contributed by atoms with Crippen LogP contribution >= 0.6 is 0 Å². The largest absolute Gasteiger partial charge is 0.395 e. The van der Waals surface area contributed by atoms with Crippen LogP contribution in [0.15, 0.2) is 0 Å². The zero-order chi connectivity index (χ0) is 14.6. The van der Waals surface area contributed by atoms with Crippen molar-refractivity contribution in [3.63, 3.8) is 0 Å². The van der Waals surface area contributed by atoms with Gasteiger partial charge in [-0.1, -0.05) is 13.3 Å². The number of likely N-dealkylation sites (N-methyl/N-ethyl adjacent to an activating group) is 1. The number of aliphatic hydroxyl groups excluding tert-OH is 1. The summed E-state index contributed by atoms with van der Waals surface area (Å²) < 4.78 is 28.7. The van der Waals surface area contributed by atoms with Crippen molar-refractivity contribution in [3.05, 3.63) is 0 Å². The van der Waals surface area contributed by atoms with Crippen molar-refractivity contribution < 1.29 is 13.5 Å². The lowest BCUT2D eigenvalue weighted by molar-refractivity contribution is 0.153. The van der Waals surface area contributed by atoms with E-state index in [0.29, 0.717) is 19.1 Å². The molecule has 7 heteroatoms. The smallest absolute Gasteiger partial charge is 0.279 e. The van der Waals surface area contributed by atoms with Gasteiger partial charge in [-0.05, 0) is 32.2 Å². The molecule has 0 amide bonds. The molecule has 0 radical (unpaired) electrons. The second kappa shape index (κ2) is 7.17. The molecule has 118 valence electrons. The van der Waals surface area contributed by atoms with Gasteiger partial charge in [-0.2, -0.15) is 12.7 Å². The maximum absolute atomic E-state index is 12.3. The van der Waals surface area contributed by atoms with Crippen LogP contribution in [0.3, 0.4) is 0 Å². The van der Waals surface area contributed by atoms with E-state index < -0.39 is 10.2 Å². The van der Waals surface area contributed by atoms with E-state index in [2.05, 4.69) is 16.5 Å². The number of piperidine rings is 1. The molecule has 1 aliphatic heterocycles. The summed E-state index contributed by atoms with van der Waals surface area (Å²) in [6, 6.07) is 0.400. The van der Waals surface area contributed by atoms with Crippen LogP contribution in [-0.2, 0) is 10.2 Å². The van der Waals surface area contributed by atoms with Crippen molar-refractivity contribution in [1.29, 1.82) is 0 Å². The number of hydrogen-bond donors (Lipinski definition) is 2. The molecule has 20 heavy (non-hydrogen) atoms. The number of nitrogens with zero attached hydrogens (tertiary/aromatic N) is 2. The van der Waals surface area contributed by atoms with E-state index in [1.54, 1.807) is 0 Å². The minimum atomic E-state index is -3.46. The zero-order valence-corrected chi connectivity index (χ0v) is 13.1. The third kappa shape index (κ3) is 4.14. The summed E-state index contributed by atoms with van der Waals surface area (Å²) in [5, 5.41) is 9.32. The Kier molecular flexibility index (Phi) is 5.80. The van der Waals surface area contributed by atoms with Crippen LogP contribution in [0.5, 0.6) is 0 Å². The predicted octanol–water partition coefficient (Wildman–Crippen LogP) is 0.152. The van der Waals surface area contributed by atoms with Gasteiger partial charge in [-0.25, -0.2) is 4.72 Å². The van der Waals surface area contributed by atoms with Crippen molar-refractivity contribution in [2.45, 2.75) is 51.1 Å². The highest BCUT2D eigenvalue weighted by Crippen LogP contribution is 2.26. The molecule has 2 rings (SSSR count). The fourth-order valence-corrected chi connectivity index (χ4v) is 4.36. The van der Waals surface area contributed by atoms with Crippen LogP contribution in [0.1, 0.15) is 39.0 Å². The van der Waals surface area contributed by atoms with E-state index in [0.717, 1.165) is 32.4 Å². The molecule has 2 aliphatic rings. The predicted molar refractivity (Wildman–Crippen MR) is 78.6 cm³/mol. The molecule has 2 fully saturated rings. The second-order valence-corrected chi connectivity index (χ2v) is 7.41. The van der Waals surface area contributed by atoms with Crippen LogP contribution in [-0.4, -0.2) is 67.6 Å². The highest BCUT2D eigenvalue weighted by atomic mass is 32.2. The molecule has 1 unspecified atom stereocenters. The van der Waals surface area contributed by atoms with Gasteiger partial charge in [0, 0.05) is 31.7 Å². The zero-order valence-electron chi connectivity index (χ0n) is 12.3. The van der Waals surface area contributed by atoms with Crippen molar-refractivity contribution in [2.75, 3.05) is 32.8 Å². The average molecular weight is 305 g/mol. The first-order chi connectivity index (χ1) is 9.58. The Labute approximate surface area is 122 Å². The lowest BCUT2D eigenvalue weighted by atomic mass is 10.1. The highest BCUT2D eigenvalue weighted by molar-refractivity contribution is 7.87. The Hall–Kier alpha value is -0.210. The first-order valence-corrected chi connectivity index (χ1v) is 9.14. The third-order valence-electron chi connectivity index (χ3n) is 4.25. The van der Waals surface area contributed by atoms with E-state index in [4.69, 9.17) is 0 Å². The van der Waals surface area contributed by atoms with Gasteiger partial charge >= 0.3 is 0 Å². The van der Waals surface area contributed by atoms with Crippen LogP contribution in [0.2, 0.25) is 0 Å². The summed E-state index contributed by atoms with van der Waals surface area (Å²) in [5.41, 5.74) is 0. The second-order valence-electron chi connectivity index (χ2n) is 5.70. The fraction of sp³-hybridized carbons (Fsp3) is 1.00. The van der Waals surface area contributed by atoms with Crippen LogP contribution in [0, 0.1) is 0 Å². The summed E-state index contributed by atoms with van der Waals surface area (Å²) in [4.78, 5) is 2.32. The summed E-state index contributed by atoms with van der Waals surface area (Å²) in [6.07, 6.45) is 5.09. The molecule has 1 aliphatic carbocycles. The quantitative estimate of drug-likeness (QED) is 0.670. The molecule has 6 nitrogen and oxygen atoms in total. The van der Waals surface area contributed by atoms with Gasteiger partial charge in [-0.15, -0.1) is 0 Å². The van der Waals surface area contributed by atoms with Crippen molar-refractivity contribution in [1.82, 2.24) is 13.9 Å². The molecule has 1 saturated carbocycles. The maximum Gasteiger partial charge on any atom is 0.279 e. The average Bonchev–Trinajstić information content (AvgIpc) is 3.28. The molecule has 1 atom stereocenters. The summed E-state index contributed by atoms with van der Waals surface area (Å²) >= 11 is 0. The van der Waals surface area contributed by atoms with E-state index >= 15 is 0 Å². The van der Waals surface area contributed by atoms with E-state index in [9.17, 15) is 13.5 Å². The summed E-state index contributed by atoms with van der Waals surface area (Å²) in [6.45, 7) is 4.71. The maximum atomic E-state index is 12.3. The van der Waals surface area contributed by atoms with Gasteiger partial charge in [0.1, 0.15) is 0 Å². The topological polar surface area (TPSA) is 72.9 Å². The van der Waals surface area contributed by atoms with Crippen LogP contribution < -0.4 is 4.72 Å². The molecule has 0 aromatic rings. The van der Waals surface area contributed by atoms with Gasteiger partial charge in [0.25, 0.3) is 10.2 Å². The molecule has 0 spiro atoms. The van der Waals surface area contributed by atoms with Crippen molar-refractivity contribution in [2.24, 2.45) is 0 Å². The Morgan fingerprint density at radius 2 is 2.05 bits per heavy atom. The summed E-state index contributed by atoms with van der Waals surface area (Å²) in [7, 11) is -3.46. The lowest BCUT2D eigenvalue weighted by Crippen LogP contribution is -2.51. The van der Waals surface area contributed by atoms with Crippen molar-refractivity contribution >= 4 is 10.2 Å². The van der Waals surface area contributed by atoms with E-state index in [1.807, 2.05) is 0 Å². The molecule has 2 N–H and O–H groups in total. The fourth-order valence-electron chi connectivity index (χ4n) is 2.91. The number of aliphatic hydroxyl groups is 1. The first-order valence-electron chi connectivity index (χ1n) is 7.69. The summed E-state index contributed by atoms with van der Waals surface area (Å²) in [5.74, 6) is 0. The third-order valence-corrected chi connectivity index (χ3v) is 5.91. The Bertz CT molecular complexity index is 398. The first kappa shape index (κ1) is 16.2. The van der Waals surface area contributed by atoms with E-state index in [1.165, 1.54) is 17.1 Å². The minimum Gasteiger partial charge on any atom is -0.395 e. The number of rotatable bonds is 8. The molecular weight excluding hydrogens is 278 g/mol. The van der Waals surface area contributed by atoms with Gasteiger partial charge in [0.2, 0.25) is 0 Å². The normalized spacial score (nSPS) is 25.2. The minimum absolute atomic E-state index is 0.0932. The Morgan fingerprint density at radius 1 is 1.30 bits per heavy atom. The Balaban J connectivity index is 1.83. The van der Waals surface area contributed by atoms with Gasteiger partial charge < -0.3 is 5.11 Å². The standard InChI is InChI=1S/C13H27N3O3S/c1-2-15(12-6-7-12)10-8-14-20(18,19)16-9-4-3-5-13(16)11-17/h12-14,17H,2-11H2,1H3. The van der Waals surface area contributed by atoms with Gasteiger partial charge in [0.15, 0.2) is 0 Å².